The SMILES string of the molecule is CCCCCCOc1ccc(OC)cc1CCN. The summed E-state index contributed by atoms with van der Waals surface area (Å²) < 4.78 is 11.0. The molecule has 0 unspecified atom stereocenters. The highest BCUT2D eigenvalue weighted by Crippen LogP contribution is 2.24. The maximum atomic E-state index is 5.82. The zero-order valence-electron chi connectivity index (χ0n) is 11.6. The van der Waals surface area contributed by atoms with Crippen LogP contribution in [-0.2, 0) is 6.42 Å². The highest BCUT2D eigenvalue weighted by molar-refractivity contribution is 5.40. The fourth-order valence-corrected chi connectivity index (χ4v) is 1.89. The van der Waals surface area contributed by atoms with Gasteiger partial charge in [-0.05, 0) is 43.1 Å². The molecule has 0 saturated carbocycles. The molecule has 1 aromatic carbocycles. The third kappa shape index (κ3) is 4.96. The third-order valence-corrected chi connectivity index (χ3v) is 2.94. The van der Waals surface area contributed by atoms with Crippen LogP contribution >= 0.6 is 0 Å². The van der Waals surface area contributed by atoms with Gasteiger partial charge in [-0.25, -0.2) is 0 Å². The smallest absolute Gasteiger partial charge is 0.122 e. The Morgan fingerprint density at radius 2 is 2.00 bits per heavy atom. The number of benzene rings is 1. The average Bonchev–Trinajstić information content (AvgIpc) is 2.40. The molecule has 0 amide bonds. The third-order valence-electron chi connectivity index (χ3n) is 2.94. The second-order valence-electron chi connectivity index (χ2n) is 4.42. The first-order chi connectivity index (χ1) is 8.81. The number of unbranched alkanes of at least 4 members (excludes halogenated alkanes) is 3. The van der Waals surface area contributed by atoms with Crippen molar-refractivity contribution in [2.24, 2.45) is 5.73 Å². The molecular weight excluding hydrogens is 226 g/mol. The van der Waals surface area contributed by atoms with Crippen LogP contribution in [-0.4, -0.2) is 20.3 Å². The number of methoxy groups -OCH3 is 1. The molecule has 0 heterocycles. The van der Waals surface area contributed by atoms with Gasteiger partial charge in [-0.2, -0.15) is 0 Å². The zero-order chi connectivity index (χ0) is 13.2. The molecule has 0 fully saturated rings. The van der Waals surface area contributed by atoms with E-state index in [1.165, 1.54) is 19.3 Å². The summed E-state index contributed by atoms with van der Waals surface area (Å²) in [4.78, 5) is 0. The van der Waals surface area contributed by atoms with Gasteiger partial charge in [0.2, 0.25) is 0 Å². The number of ether oxygens (including phenoxy) is 2. The topological polar surface area (TPSA) is 44.5 Å². The summed E-state index contributed by atoms with van der Waals surface area (Å²) in [5, 5.41) is 0. The first-order valence-corrected chi connectivity index (χ1v) is 6.81. The lowest BCUT2D eigenvalue weighted by atomic mass is 10.1. The van der Waals surface area contributed by atoms with E-state index in [9.17, 15) is 0 Å². The van der Waals surface area contributed by atoms with Crippen LogP contribution in [0.25, 0.3) is 0 Å². The maximum Gasteiger partial charge on any atom is 0.122 e. The van der Waals surface area contributed by atoms with Crippen molar-refractivity contribution in [3.63, 3.8) is 0 Å². The summed E-state index contributed by atoms with van der Waals surface area (Å²) >= 11 is 0. The molecule has 0 spiro atoms. The van der Waals surface area contributed by atoms with Gasteiger partial charge in [0.15, 0.2) is 0 Å². The summed E-state index contributed by atoms with van der Waals surface area (Å²) in [6, 6.07) is 5.92. The van der Waals surface area contributed by atoms with Gasteiger partial charge in [0, 0.05) is 0 Å². The van der Waals surface area contributed by atoms with Gasteiger partial charge < -0.3 is 15.2 Å². The van der Waals surface area contributed by atoms with E-state index in [4.69, 9.17) is 15.2 Å². The van der Waals surface area contributed by atoms with Crippen LogP contribution in [0.4, 0.5) is 0 Å². The molecule has 3 heteroatoms. The normalized spacial score (nSPS) is 10.4. The van der Waals surface area contributed by atoms with Crippen LogP contribution in [0.5, 0.6) is 11.5 Å². The standard InChI is InChI=1S/C15H25NO2/c1-3-4-5-6-11-18-15-8-7-14(17-2)12-13(15)9-10-16/h7-8,12H,3-6,9-11,16H2,1-2H3. The van der Waals surface area contributed by atoms with Gasteiger partial charge in [-0.1, -0.05) is 26.2 Å². The Bertz CT molecular complexity index is 339. The second-order valence-corrected chi connectivity index (χ2v) is 4.42. The van der Waals surface area contributed by atoms with Crippen molar-refractivity contribution in [2.75, 3.05) is 20.3 Å². The molecule has 2 N–H and O–H groups in total. The van der Waals surface area contributed by atoms with Crippen LogP contribution < -0.4 is 15.2 Å². The Kier molecular flexibility index (Phi) is 7.26. The van der Waals surface area contributed by atoms with E-state index in [2.05, 4.69) is 6.92 Å². The monoisotopic (exact) mass is 251 g/mol. The van der Waals surface area contributed by atoms with Gasteiger partial charge in [-0.3, -0.25) is 0 Å². The molecule has 0 radical (unpaired) electrons. The fourth-order valence-electron chi connectivity index (χ4n) is 1.89. The van der Waals surface area contributed by atoms with E-state index < -0.39 is 0 Å². The summed E-state index contributed by atoms with van der Waals surface area (Å²) in [5.41, 5.74) is 6.75. The number of nitrogens with two attached hydrogens (primary N) is 1. The molecular formula is C15H25NO2. The van der Waals surface area contributed by atoms with E-state index in [0.717, 1.165) is 36.5 Å². The summed E-state index contributed by atoms with van der Waals surface area (Å²) in [6.45, 7) is 3.62. The molecule has 0 saturated heterocycles. The van der Waals surface area contributed by atoms with Gasteiger partial charge in [-0.15, -0.1) is 0 Å². The lowest BCUT2D eigenvalue weighted by Gasteiger charge is -2.12. The molecule has 0 aliphatic heterocycles. The van der Waals surface area contributed by atoms with Crippen molar-refractivity contribution in [3.05, 3.63) is 23.8 Å². The average molecular weight is 251 g/mol. The Labute approximate surface area is 110 Å². The van der Waals surface area contributed by atoms with Crippen molar-refractivity contribution in [1.29, 1.82) is 0 Å². The molecule has 0 atom stereocenters. The van der Waals surface area contributed by atoms with Crippen molar-refractivity contribution in [2.45, 2.75) is 39.0 Å². The first kappa shape index (κ1) is 14.8. The van der Waals surface area contributed by atoms with Crippen molar-refractivity contribution in [3.8, 4) is 11.5 Å². The summed E-state index contributed by atoms with van der Waals surface area (Å²) in [5.74, 6) is 1.80. The second kappa shape index (κ2) is 8.81. The van der Waals surface area contributed by atoms with E-state index in [-0.39, 0.29) is 0 Å². The predicted molar refractivity (Wildman–Crippen MR) is 75.4 cm³/mol. The van der Waals surface area contributed by atoms with Crippen LogP contribution in [0, 0.1) is 0 Å². The summed E-state index contributed by atoms with van der Waals surface area (Å²) in [6.07, 6.45) is 5.70. The number of hydrogen-bond donors (Lipinski definition) is 1. The fraction of sp³-hybridized carbons (Fsp3) is 0.600. The van der Waals surface area contributed by atoms with Crippen LogP contribution in [0.1, 0.15) is 38.2 Å². The van der Waals surface area contributed by atoms with Crippen LogP contribution in [0.2, 0.25) is 0 Å². The Morgan fingerprint density at radius 1 is 1.17 bits per heavy atom. The first-order valence-electron chi connectivity index (χ1n) is 6.81. The largest absolute Gasteiger partial charge is 0.497 e. The van der Waals surface area contributed by atoms with Gasteiger partial charge >= 0.3 is 0 Å². The van der Waals surface area contributed by atoms with E-state index in [0.29, 0.717) is 6.54 Å². The van der Waals surface area contributed by atoms with Crippen molar-refractivity contribution >= 4 is 0 Å². The molecule has 0 bridgehead atoms. The van der Waals surface area contributed by atoms with Gasteiger partial charge in [0.05, 0.1) is 13.7 Å². The Hall–Kier alpha value is -1.22. The number of hydrogen-bond acceptors (Lipinski definition) is 3. The predicted octanol–water partition coefficient (Wildman–Crippen LogP) is 3.16. The van der Waals surface area contributed by atoms with E-state index in [1.54, 1.807) is 7.11 Å². The van der Waals surface area contributed by atoms with Gasteiger partial charge in [0.1, 0.15) is 11.5 Å². The molecule has 3 nitrogen and oxygen atoms in total. The van der Waals surface area contributed by atoms with Crippen LogP contribution in [0.3, 0.4) is 0 Å². The zero-order valence-corrected chi connectivity index (χ0v) is 11.6. The Morgan fingerprint density at radius 3 is 2.67 bits per heavy atom. The molecule has 102 valence electrons. The molecule has 18 heavy (non-hydrogen) atoms. The molecule has 0 aromatic heterocycles. The highest BCUT2D eigenvalue weighted by Gasteiger charge is 2.05. The lowest BCUT2D eigenvalue weighted by Crippen LogP contribution is -2.06. The van der Waals surface area contributed by atoms with Crippen LogP contribution in [0.15, 0.2) is 18.2 Å². The van der Waals surface area contributed by atoms with E-state index >= 15 is 0 Å². The molecule has 1 rings (SSSR count). The summed E-state index contributed by atoms with van der Waals surface area (Å²) in [7, 11) is 1.67. The Balaban J connectivity index is 2.52. The lowest BCUT2D eigenvalue weighted by molar-refractivity contribution is 0.301. The molecule has 0 aliphatic rings. The number of rotatable bonds is 9. The minimum atomic E-state index is 0.624. The van der Waals surface area contributed by atoms with Crippen molar-refractivity contribution in [1.82, 2.24) is 0 Å². The van der Waals surface area contributed by atoms with Crippen molar-refractivity contribution < 1.29 is 9.47 Å². The van der Waals surface area contributed by atoms with E-state index in [1.807, 2.05) is 18.2 Å². The maximum absolute atomic E-state index is 5.82. The highest BCUT2D eigenvalue weighted by atomic mass is 16.5. The quantitative estimate of drug-likeness (QED) is 0.686. The minimum Gasteiger partial charge on any atom is -0.497 e. The molecule has 1 aromatic rings. The minimum absolute atomic E-state index is 0.624. The van der Waals surface area contributed by atoms with Gasteiger partial charge in [0.25, 0.3) is 0 Å². The molecule has 0 aliphatic carbocycles.